The van der Waals surface area contributed by atoms with Gasteiger partial charge in [-0.05, 0) is 18.5 Å². The summed E-state index contributed by atoms with van der Waals surface area (Å²) in [5.74, 6) is 0. The van der Waals surface area contributed by atoms with Crippen LogP contribution in [0.5, 0.6) is 0 Å². The zero-order chi connectivity index (χ0) is 10.7. The molecule has 20 heavy (non-hydrogen) atoms. The Kier molecular flexibility index (Phi) is 420. The van der Waals surface area contributed by atoms with Crippen molar-refractivity contribution in [1.82, 2.24) is 36.9 Å². The van der Waals surface area contributed by atoms with E-state index in [0.717, 1.165) is 0 Å². The van der Waals surface area contributed by atoms with E-state index in [9.17, 15) is 0 Å². The van der Waals surface area contributed by atoms with E-state index in [0.29, 0.717) is 0 Å². The van der Waals surface area contributed by atoms with Gasteiger partial charge in [0, 0.05) is 0 Å². The van der Waals surface area contributed by atoms with Crippen molar-refractivity contribution < 1.29 is 78.6 Å². The molecule has 0 aliphatic heterocycles. The number of carboxylic acid groups (broad SMARTS) is 6. The summed E-state index contributed by atoms with van der Waals surface area (Å²) in [5, 5.41) is 50.0. The fourth-order valence-electron chi connectivity index (χ4n) is 0. The number of hydrogen-bond donors (Lipinski definition) is 6. The molecule has 0 unspecified atom stereocenters. The van der Waals surface area contributed by atoms with E-state index >= 15 is 0 Å². The predicted octanol–water partition coefficient (Wildman–Crippen LogP) is -6.37. The van der Waals surface area contributed by atoms with Crippen molar-refractivity contribution in [3.63, 3.8) is 0 Å². The molecule has 0 aliphatic rings. The molecule has 0 aromatic carbocycles. The summed E-state index contributed by atoms with van der Waals surface area (Å²) >= 11 is 0. The van der Waals surface area contributed by atoms with E-state index in [1.807, 2.05) is 0 Å². The molecule has 0 rings (SSSR count). The quantitative estimate of drug-likeness (QED) is 0.220. The molecule has 17 heteroatoms. The second kappa shape index (κ2) is 84.1. The Hall–Kier alpha value is -1.42. The molecule has 0 aliphatic carbocycles. The molecule has 0 heterocycles. The molecule has 0 amide bonds. The van der Waals surface area contributed by atoms with Crippen molar-refractivity contribution in [3.05, 3.63) is 0 Å². The summed E-state index contributed by atoms with van der Waals surface area (Å²) in [6.07, 6.45) is -7.00. The van der Waals surface area contributed by atoms with Crippen LogP contribution in [0.2, 0.25) is 0 Å². The van der Waals surface area contributed by atoms with Gasteiger partial charge in [0.05, 0.1) is 0 Å². The van der Waals surface area contributed by atoms with Crippen LogP contribution in [0.25, 0.3) is 0 Å². The Morgan fingerprint density at radius 1 is 0.400 bits per heavy atom. The summed E-state index contributed by atoms with van der Waals surface area (Å²) in [4.78, 5) is 25.0. The van der Waals surface area contributed by atoms with Gasteiger partial charge in [0.1, 0.15) is 0 Å². The maximum Gasteiger partial charge on any atom is 3.00 e. The van der Waals surface area contributed by atoms with Crippen LogP contribution in [-0.4, -0.2) is 18.5 Å². The van der Waals surface area contributed by atoms with Crippen LogP contribution in [0.15, 0.2) is 0 Å². The summed E-state index contributed by atoms with van der Waals surface area (Å²) < 4.78 is 0. The van der Waals surface area contributed by atoms with Gasteiger partial charge >= 0.3 is 33.6 Å². The van der Waals surface area contributed by atoms with Crippen molar-refractivity contribution in [2.24, 2.45) is 0 Å². The van der Waals surface area contributed by atoms with Gasteiger partial charge in [0.15, 0.2) is 0 Å². The molecule has 0 spiro atoms. The molecule has 18 N–H and O–H groups in total. The molecule has 0 aromatic heterocycles. The minimum atomic E-state index is -2.33. The zero-order valence-electron chi connectivity index (χ0n) is 10.1. The van der Waals surface area contributed by atoms with Gasteiger partial charge in [-0.1, -0.05) is 0 Å². The number of rotatable bonds is 0. The second-order valence-corrected chi connectivity index (χ2v) is 0.750. The fourth-order valence-corrected chi connectivity index (χ4v) is 0. The second-order valence-electron chi connectivity index (χ2n) is 0.750. The van der Waals surface area contributed by atoms with E-state index < -0.39 is 18.5 Å². The van der Waals surface area contributed by atoms with Crippen molar-refractivity contribution in [1.29, 1.82) is 0 Å². The van der Waals surface area contributed by atoms with Crippen LogP contribution in [0, 0.1) is 0 Å². The molecule has 15 nitrogen and oxygen atoms in total. The SMILES string of the molecule is N.N.N.N.N.N.O=C([O-])[O-].O=C([O-])[O-].O=C([O-])[O-].[Co+3].[Co+3]. The first-order chi connectivity index (χ1) is 5.20. The molecule has 0 bridgehead atoms. The largest absolute Gasteiger partial charge is 3.00 e. The Morgan fingerprint density at radius 2 is 0.400 bits per heavy atom. The average molecular weight is 400 g/mol. The van der Waals surface area contributed by atoms with Gasteiger partial charge in [0.2, 0.25) is 0 Å². The molecule has 0 saturated heterocycles. The van der Waals surface area contributed by atoms with Gasteiger partial charge in [-0.25, -0.2) is 0 Å². The van der Waals surface area contributed by atoms with Crippen LogP contribution >= 0.6 is 0 Å². The molecular formula is C3H18Co2N6O9. The van der Waals surface area contributed by atoms with Crippen LogP contribution < -0.4 is 67.5 Å². The van der Waals surface area contributed by atoms with E-state index in [1.54, 1.807) is 0 Å². The first-order valence-electron chi connectivity index (χ1n) is 1.84. The molecule has 0 saturated carbocycles. The molecule has 0 aromatic rings. The van der Waals surface area contributed by atoms with Crippen LogP contribution in [0.1, 0.15) is 0 Å². The number of carbonyl (C=O) groups is 3. The monoisotopic (exact) mass is 400 g/mol. The summed E-state index contributed by atoms with van der Waals surface area (Å²) in [6, 6.07) is 0. The normalized spacial score (nSPS) is 3.60. The van der Waals surface area contributed by atoms with Crippen LogP contribution in [-0.2, 0) is 33.6 Å². The first kappa shape index (κ1) is 99.9. The summed E-state index contributed by atoms with van der Waals surface area (Å²) in [7, 11) is 0. The molecule has 0 atom stereocenters. The van der Waals surface area contributed by atoms with Gasteiger partial charge in [-0.2, -0.15) is 0 Å². The van der Waals surface area contributed by atoms with Crippen molar-refractivity contribution in [3.8, 4) is 0 Å². The zero-order valence-corrected chi connectivity index (χ0v) is 12.2. The number of hydrogen-bond acceptors (Lipinski definition) is 15. The summed E-state index contributed by atoms with van der Waals surface area (Å²) in [5.41, 5.74) is 0. The van der Waals surface area contributed by atoms with E-state index in [4.69, 9.17) is 45.0 Å². The van der Waals surface area contributed by atoms with Crippen LogP contribution in [0.3, 0.4) is 0 Å². The Bertz CT molecular complexity index is 133. The van der Waals surface area contributed by atoms with E-state index in [-0.39, 0.29) is 70.5 Å². The third-order valence-corrected chi connectivity index (χ3v) is 0. The van der Waals surface area contributed by atoms with Gasteiger partial charge in [-0.15, -0.1) is 0 Å². The third kappa shape index (κ3) is 2010. The molecule has 0 fully saturated rings. The minimum Gasteiger partial charge on any atom is -0.652 e. The first-order valence-corrected chi connectivity index (χ1v) is 1.84. The fraction of sp³-hybridized carbons (Fsp3) is 0. The molecule has 0 radical (unpaired) electrons. The Labute approximate surface area is 134 Å². The van der Waals surface area contributed by atoms with Gasteiger partial charge in [0.25, 0.3) is 0 Å². The van der Waals surface area contributed by atoms with Crippen LogP contribution in [0.4, 0.5) is 14.4 Å². The van der Waals surface area contributed by atoms with E-state index in [1.165, 1.54) is 0 Å². The van der Waals surface area contributed by atoms with Gasteiger partial charge < -0.3 is 81.9 Å². The van der Waals surface area contributed by atoms with Crippen molar-refractivity contribution in [2.75, 3.05) is 0 Å². The molecular weight excluding hydrogens is 382 g/mol. The predicted molar refractivity (Wildman–Crippen MR) is 46.3 cm³/mol. The van der Waals surface area contributed by atoms with Gasteiger partial charge in [-0.3, -0.25) is 0 Å². The maximum atomic E-state index is 8.33. The summed E-state index contributed by atoms with van der Waals surface area (Å²) in [6.45, 7) is 0. The third-order valence-electron chi connectivity index (χ3n) is 0. The number of carbonyl (C=O) groups excluding carboxylic acids is 3. The van der Waals surface area contributed by atoms with Crippen molar-refractivity contribution >= 4 is 18.5 Å². The standard InChI is InChI=1S/3CH2O3.2Co.6H3N/c3*2-1(3)4;;;;;;;;/h3*(H2,2,3,4);;;6*1H3/q;;;2*+3;;;;;;/p-6. The Balaban J connectivity index is -0.00000000562. The van der Waals surface area contributed by atoms with E-state index in [2.05, 4.69) is 0 Å². The minimum absolute atomic E-state index is 0. The Morgan fingerprint density at radius 3 is 0.400 bits per heavy atom. The molecule has 132 valence electrons. The maximum absolute atomic E-state index is 8.33. The average Bonchev–Trinajstić information content (AvgIpc) is 1.54. The smallest absolute Gasteiger partial charge is 0.652 e. The van der Waals surface area contributed by atoms with Crippen molar-refractivity contribution in [2.45, 2.75) is 0 Å². The topological polar surface area (TPSA) is 400 Å².